The van der Waals surface area contributed by atoms with E-state index in [1.165, 1.54) is 0 Å². The van der Waals surface area contributed by atoms with Crippen molar-refractivity contribution in [2.75, 3.05) is 19.3 Å². The lowest BCUT2D eigenvalue weighted by Gasteiger charge is -2.06. The van der Waals surface area contributed by atoms with Crippen molar-refractivity contribution < 1.29 is 0 Å². The quantitative estimate of drug-likeness (QED) is 0.608. The van der Waals surface area contributed by atoms with E-state index in [2.05, 4.69) is 20.6 Å². The largest absolute Gasteiger partial charge is 0.366 e. The smallest absolute Gasteiger partial charge is 0.166 e. The maximum absolute atomic E-state index is 4.96. The lowest BCUT2D eigenvalue weighted by molar-refractivity contribution is 0.940. The minimum Gasteiger partial charge on any atom is -0.366 e. The molecule has 0 aliphatic carbocycles. The normalized spacial score (nSPS) is 9.88. The Balaban J connectivity index is 2.11. The third-order valence-corrected chi connectivity index (χ3v) is 3.13. The SMILES string of the molecule is CNC(=S)NCCSCc1ncc(C)cn1. The van der Waals surface area contributed by atoms with Crippen molar-refractivity contribution in [3.05, 3.63) is 23.8 Å². The fourth-order valence-corrected chi connectivity index (χ4v) is 1.81. The summed E-state index contributed by atoms with van der Waals surface area (Å²) in [4.78, 5) is 8.47. The summed E-state index contributed by atoms with van der Waals surface area (Å²) < 4.78 is 0. The van der Waals surface area contributed by atoms with Gasteiger partial charge in [0.25, 0.3) is 0 Å². The molecule has 0 radical (unpaired) electrons. The molecule has 0 unspecified atom stereocenters. The molecular formula is C10H16N4S2. The van der Waals surface area contributed by atoms with Crippen LogP contribution in [0.3, 0.4) is 0 Å². The van der Waals surface area contributed by atoms with Crippen LogP contribution in [0.25, 0.3) is 0 Å². The van der Waals surface area contributed by atoms with Crippen molar-refractivity contribution in [2.24, 2.45) is 0 Å². The topological polar surface area (TPSA) is 49.8 Å². The number of aromatic nitrogens is 2. The van der Waals surface area contributed by atoms with Gasteiger partial charge in [0.1, 0.15) is 5.82 Å². The first-order valence-corrected chi connectivity index (χ1v) is 6.59. The van der Waals surface area contributed by atoms with E-state index in [4.69, 9.17) is 12.2 Å². The molecule has 0 aliphatic heterocycles. The predicted octanol–water partition coefficient (Wildman–Crippen LogP) is 1.11. The molecule has 0 bridgehead atoms. The van der Waals surface area contributed by atoms with E-state index in [1.54, 1.807) is 11.8 Å². The van der Waals surface area contributed by atoms with Crippen LogP contribution in [0.15, 0.2) is 12.4 Å². The first-order chi connectivity index (χ1) is 7.72. The monoisotopic (exact) mass is 256 g/mol. The average Bonchev–Trinajstić information content (AvgIpc) is 2.31. The van der Waals surface area contributed by atoms with Gasteiger partial charge in [-0.2, -0.15) is 11.8 Å². The molecule has 0 spiro atoms. The maximum Gasteiger partial charge on any atom is 0.166 e. The second kappa shape index (κ2) is 7.40. The fraction of sp³-hybridized carbons (Fsp3) is 0.500. The predicted molar refractivity (Wildman–Crippen MR) is 72.6 cm³/mol. The van der Waals surface area contributed by atoms with Crippen LogP contribution in [0.4, 0.5) is 0 Å². The van der Waals surface area contributed by atoms with Gasteiger partial charge in [-0.1, -0.05) is 0 Å². The third kappa shape index (κ3) is 5.27. The van der Waals surface area contributed by atoms with E-state index in [0.717, 1.165) is 29.4 Å². The Morgan fingerprint density at radius 2 is 2.12 bits per heavy atom. The van der Waals surface area contributed by atoms with Crippen molar-refractivity contribution in [3.8, 4) is 0 Å². The van der Waals surface area contributed by atoms with Gasteiger partial charge in [-0.05, 0) is 24.7 Å². The summed E-state index contributed by atoms with van der Waals surface area (Å²) in [6, 6.07) is 0. The minimum atomic E-state index is 0.687. The third-order valence-electron chi connectivity index (χ3n) is 1.82. The number of hydrogen-bond acceptors (Lipinski definition) is 4. The summed E-state index contributed by atoms with van der Waals surface area (Å²) in [7, 11) is 1.81. The number of rotatable bonds is 5. The van der Waals surface area contributed by atoms with Gasteiger partial charge in [-0.3, -0.25) is 0 Å². The van der Waals surface area contributed by atoms with Crippen LogP contribution >= 0.6 is 24.0 Å². The molecule has 1 heterocycles. The van der Waals surface area contributed by atoms with Gasteiger partial charge in [0, 0.05) is 31.7 Å². The summed E-state index contributed by atoms with van der Waals surface area (Å²) in [6.07, 6.45) is 3.69. The van der Waals surface area contributed by atoms with Crippen molar-refractivity contribution in [3.63, 3.8) is 0 Å². The Bertz CT molecular complexity index is 326. The molecule has 0 amide bonds. The lowest BCUT2D eigenvalue weighted by atomic mass is 10.4. The van der Waals surface area contributed by atoms with Crippen LogP contribution in [-0.2, 0) is 5.75 Å². The molecule has 0 aliphatic rings. The molecule has 6 heteroatoms. The van der Waals surface area contributed by atoms with E-state index < -0.39 is 0 Å². The Morgan fingerprint density at radius 3 is 2.75 bits per heavy atom. The molecule has 1 rings (SSSR count). The lowest BCUT2D eigenvalue weighted by Crippen LogP contribution is -2.33. The van der Waals surface area contributed by atoms with Gasteiger partial charge in [-0.15, -0.1) is 0 Å². The highest BCUT2D eigenvalue weighted by Crippen LogP contribution is 2.06. The summed E-state index contributed by atoms with van der Waals surface area (Å²) in [6.45, 7) is 2.84. The van der Waals surface area contributed by atoms with E-state index in [-0.39, 0.29) is 0 Å². The highest BCUT2D eigenvalue weighted by Gasteiger charge is 1.96. The van der Waals surface area contributed by atoms with E-state index >= 15 is 0 Å². The van der Waals surface area contributed by atoms with Crippen molar-refractivity contribution in [2.45, 2.75) is 12.7 Å². The Kier molecular flexibility index (Phi) is 6.10. The molecule has 0 aromatic carbocycles. The maximum atomic E-state index is 4.96. The van der Waals surface area contributed by atoms with Gasteiger partial charge >= 0.3 is 0 Å². The summed E-state index contributed by atoms with van der Waals surface area (Å²) in [5, 5.41) is 6.64. The van der Waals surface area contributed by atoms with Crippen molar-refractivity contribution >= 4 is 29.1 Å². The number of aryl methyl sites for hydroxylation is 1. The first-order valence-electron chi connectivity index (χ1n) is 5.03. The molecule has 16 heavy (non-hydrogen) atoms. The molecule has 0 saturated carbocycles. The van der Waals surface area contributed by atoms with Crippen LogP contribution in [0, 0.1) is 6.92 Å². The number of hydrogen-bond donors (Lipinski definition) is 2. The van der Waals surface area contributed by atoms with Gasteiger partial charge in [0.15, 0.2) is 5.11 Å². The van der Waals surface area contributed by atoms with Crippen LogP contribution in [0.1, 0.15) is 11.4 Å². The zero-order valence-corrected chi connectivity index (χ0v) is 11.1. The molecule has 0 fully saturated rings. The summed E-state index contributed by atoms with van der Waals surface area (Å²) >= 11 is 6.75. The summed E-state index contributed by atoms with van der Waals surface area (Å²) in [5.74, 6) is 2.71. The van der Waals surface area contributed by atoms with Crippen LogP contribution < -0.4 is 10.6 Å². The number of thiocarbonyl (C=S) groups is 1. The van der Waals surface area contributed by atoms with Crippen LogP contribution in [0.2, 0.25) is 0 Å². The van der Waals surface area contributed by atoms with Crippen molar-refractivity contribution in [1.29, 1.82) is 0 Å². The van der Waals surface area contributed by atoms with E-state index in [1.807, 2.05) is 26.4 Å². The zero-order chi connectivity index (χ0) is 11.8. The second-order valence-electron chi connectivity index (χ2n) is 3.24. The highest BCUT2D eigenvalue weighted by atomic mass is 32.2. The Labute approximate surface area is 106 Å². The number of nitrogens with one attached hydrogen (secondary N) is 2. The molecule has 88 valence electrons. The standard InChI is InChI=1S/C10H16N4S2/c1-8-5-13-9(14-6-8)7-16-4-3-12-10(15)11-2/h5-6H,3-4,7H2,1-2H3,(H2,11,12,15). The molecule has 1 aromatic rings. The van der Waals surface area contributed by atoms with Gasteiger partial charge in [-0.25, -0.2) is 9.97 Å². The first kappa shape index (κ1) is 13.2. The van der Waals surface area contributed by atoms with E-state index in [9.17, 15) is 0 Å². The van der Waals surface area contributed by atoms with Crippen LogP contribution in [0.5, 0.6) is 0 Å². The number of nitrogens with zero attached hydrogens (tertiary/aromatic N) is 2. The molecule has 2 N–H and O–H groups in total. The minimum absolute atomic E-state index is 0.687. The molecular weight excluding hydrogens is 240 g/mol. The number of thioether (sulfide) groups is 1. The highest BCUT2D eigenvalue weighted by molar-refractivity contribution is 7.98. The van der Waals surface area contributed by atoms with Crippen molar-refractivity contribution in [1.82, 2.24) is 20.6 Å². The summed E-state index contributed by atoms with van der Waals surface area (Å²) in [5.41, 5.74) is 1.09. The van der Waals surface area contributed by atoms with Crippen LogP contribution in [-0.4, -0.2) is 34.4 Å². The second-order valence-corrected chi connectivity index (χ2v) is 4.75. The van der Waals surface area contributed by atoms with Gasteiger partial charge < -0.3 is 10.6 Å². The molecule has 1 aromatic heterocycles. The van der Waals surface area contributed by atoms with Gasteiger partial charge in [0.05, 0.1) is 5.75 Å². The average molecular weight is 256 g/mol. The van der Waals surface area contributed by atoms with E-state index in [0.29, 0.717) is 5.11 Å². The zero-order valence-electron chi connectivity index (χ0n) is 9.49. The molecule has 0 saturated heterocycles. The Morgan fingerprint density at radius 1 is 1.44 bits per heavy atom. The fourth-order valence-electron chi connectivity index (χ4n) is 0.982. The molecule has 0 atom stereocenters. The Hall–Kier alpha value is -0.880. The van der Waals surface area contributed by atoms with Gasteiger partial charge in [0.2, 0.25) is 0 Å². The molecule has 4 nitrogen and oxygen atoms in total.